The first kappa shape index (κ1) is 11.1. The van der Waals surface area contributed by atoms with E-state index in [9.17, 15) is 4.79 Å². The van der Waals surface area contributed by atoms with Crippen molar-refractivity contribution in [3.63, 3.8) is 0 Å². The highest BCUT2D eigenvalue weighted by atomic mass is 16.5. The second-order valence-corrected chi connectivity index (χ2v) is 4.11. The monoisotopic (exact) mass is 219 g/mol. The Morgan fingerprint density at radius 2 is 2.12 bits per heavy atom. The molecule has 1 aromatic rings. The van der Waals surface area contributed by atoms with Crippen molar-refractivity contribution >= 4 is 5.91 Å². The van der Waals surface area contributed by atoms with Crippen LogP contribution in [-0.2, 0) is 9.53 Å². The summed E-state index contributed by atoms with van der Waals surface area (Å²) in [5.41, 5.74) is 1.09. The molecule has 0 aromatic heterocycles. The molecule has 1 aliphatic heterocycles. The highest BCUT2D eigenvalue weighted by molar-refractivity contribution is 5.83. The van der Waals surface area contributed by atoms with Crippen LogP contribution in [-0.4, -0.2) is 25.2 Å². The minimum atomic E-state index is -0.0400. The Balaban J connectivity index is 2.01. The van der Waals surface area contributed by atoms with Gasteiger partial charge in [0, 0.05) is 0 Å². The summed E-state index contributed by atoms with van der Waals surface area (Å²) in [6, 6.07) is 10.1. The van der Waals surface area contributed by atoms with E-state index in [1.807, 2.05) is 37.3 Å². The Labute approximate surface area is 95.8 Å². The number of benzene rings is 1. The lowest BCUT2D eigenvalue weighted by molar-refractivity contribution is -0.126. The van der Waals surface area contributed by atoms with Gasteiger partial charge in [-0.15, -0.1) is 0 Å². The van der Waals surface area contributed by atoms with Crippen molar-refractivity contribution in [2.45, 2.75) is 25.3 Å². The van der Waals surface area contributed by atoms with E-state index in [1.54, 1.807) is 0 Å². The fourth-order valence-corrected chi connectivity index (χ4v) is 1.88. The Bertz CT molecular complexity index is 346. The van der Waals surface area contributed by atoms with E-state index in [-0.39, 0.29) is 17.9 Å². The molecule has 2 rings (SSSR count). The van der Waals surface area contributed by atoms with Crippen LogP contribution in [0.3, 0.4) is 0 Å². The lowest BCUT2D eigenvalue weighted by Crippen LogP contribution is -2.49. The lowest BCUT2D eigenvalue weighted by Gasteiger charge is -2.28. The van der Waals surface area contributed by atoms with Crippen LogP contribution in [0, 0.1) is 0 Å². The van der Waals surface area contributed by atoms with Gasteiger partial charge in [-0.05, 0) is 12.0 Å². The number of ether oxygens (including phenoxy) is 1. The van der Waals surface area contributed by atoms with E-state index in [4.69, 9.17) is 4.74 Å². The van der Waals surface area contributed by atoms with Gasteiger partial charge in [0.2, 0.25) is 5.91 Å². The lowest BCUT2D eigenvalue weighted by atomic mass is 9.95. The zero-order valence-electron chi connectivity index (χ0n) is 9.48. The quantitative estimate of drug-likeness (QED) is 0.837. The zero-order chi connectivity index (χ0) is 11.4. The molecule has 0 spiro atoms. The molecule has 0 radical (unpaired) electrons. The van der Waals surface area contributed by atoms with Crippen molar-refractivity contribution in [2.75, 3.05) is 13.2 Å². The van der Waals surface area contributed by atoms with Gasteiger partial charge in [0.25, 0.3) is 0 Å². The average molecular weight is 219 g/mol. The van der Waals surface area contributed by atoms with Crippen LogP contribution in [0.15, 0.2) is 30.3 Å². The van der Waals surface area contributed by atoms with E-state index >= 15 is 0 Å². The number of rotatable bonds is 4. The molecule has 1 saturated heterocycles. The molecule has 1 atom stereocenters. The standard InChI is InChI=1S/C13H17NO2/c1-2-12(10-6-4-3-5-7-10)13(15)14-11-8-16-9-11/h3-7,11-12H,2,8-9H2,1H3,(H,14,15). The molecule has 3 heteroatoms. The minimum absolute atomic E-state index is 0.0400. The van der Waals surface area contributed by atoms with E-state index < -0.39 is 0 Å². The predicted octanol–water partition coefficient (Wildman–Crippen LogP) is 1.70. The molecular weight excluding hydrogens is 202 g/mol. The number of hydrogen-bond donors (Lipinski definition) is 1. The SMILES string of the molecule is CCC(C(=O)NC1COC1)c1ccccc1. The topological polar surface area (TPSA) is 38.3 Å². The van der Waals surface area contributed by atoms with Gasteiger partial charge in [0.15, 0.2) is 0 Å². The molecule has 86 valence electrons. The molecule has 0 saturated carbocycles. The highest BCUT2D eigenvalue weighted by Gasteiger charge is 2.25. The molecule has 1 N–H and O–H groups in total. The van der Waals surface area contributed by atoms with Crippen molar-refractivity contribution in [3.8, 4) is 0 Å². The molecule has 1 heterocycles. The maximum Gasteiger partial charge on any atom is 0.227 e. The predicted molar refractivity (Wildman–Crippen MR) is 62.2 cm³/mol. The van der Waals surface area contributed by atoms with E-state index in [0.29, 0.717) is 13.2 Å². The molecular formula is C13H17NO2. The fourth-order valence-electron chi connectivity index (χ4n) is 1.88. The fraction of sp³-hybridized carbons (Fsp3) is 0.462. The summed E-state index contributed by atoms with van der Waals surface area (Å²) < 4.78 is 5.04. The van der Waals surface area contributed by atoms with Crippen molar-refractivity contribution in [3.05, 3.63) is 35.9 Å². The van der Waals surface area contributed by atoms with Crippen LogP contribution in [0.25, 0.3) is 0 Å². The number of hydrogen-bond acceptors (Lipinski definition) is 2. The zero-order valence-corrected chi connectivity index (χ0v) is 9.48. The van der Waals surface area contributed by atoms with Gasteiger partial charge >= 0.3 is 0 Å². The van der Waals surface area contributed by atoms with Crippen molar-refractivity contribution in [2.24, 2.45) is 0 Å². The Kier molecular flexibility index (Phi) is 3.57. The molecule has 0 aliphatic carbocycles. The van der Waals surface area contributed by atoms with E-state index in [2.05, 4.69) is 5.32 Å². The second kappa shape index (κ2) is 5.12. The maximum absolute atomic E-state index is 12.0. The summed E-state index contributed by atoms with van der Waals surface area (Å²) >= 11 is 0. The Hall–Kier alpha value is -1.35. The van der Waals surface area contributed by atoms with Crippen LogP contribution in [0.4, 0.5) is 0 Å². The number of nitrogens with one attached hydrogen (secondary N) is 1. The van der Waals surface area contributed by atoms with Crippen LogP contribution < -0.4 is 5.32 Å². The Morgan fingerprint density at radius 1 is 1.44 bits per heavy atom. The van der Waals surface area contributed by atoms with Gasteiger partial charge in [-0.3, -0.25) is 4.79 Å². The smallest absolute Gasteiger partial charge is 0.227 e. The highest BCUT2D eigenvalue weighted by Crippen LogP contribution is 2.19. The van der Waals surface area contributed by atoms with E-state index in [1.165, 1.54) is 0 Å². The minimum Gasteiger partial charge on any atom is -0.377 e. The van der Waals surface area contributed by atoms with Crippen LogP contribution in [0.2, 0.25) is 0 Å². The molecule has 16 heavy (non-hydrogen) atoms. The molecule has 1 fully saturated rings. The van der Waals surface area contributed by atoms with Crippen molar-refractivity contribution < 1.29 is 9.53 Å². The van der Waals surface area contributed by atoms with Gasteiger partial charge in [-0.25, -0.2) is 0 Å². The molecule has 1 amide bonds. The number of carbonyl (C=O) groups excluding carboxylic acids is 1. The second-order valence-electron chi connectivity index (χ2n) is 4.11. The summed E-state index contributed by atoms with van der Waals surface area (Å²) in [5, 5.41) is 3.00. The largest absolute Gasteiger partial charge is 0.377 e. The van der Waals surface area contributed by atoms with Gasteiger partial charge in [-0.2, -0.15) is 0 Å². The van der Waals surface area contributed by atoms with Gasteiger partial charge in [-0.1, -0.05) is 37.3 Å². The number of carbonyl (C=O) groups is 1. The summed E-state index contributed by atoms with van der Waals surface area (Å²) in [7, 11) is 0. The van der Waals surface area contributed by atoms with Crippen molar-refractivity contribution in [1.82, 2.24) is 5.32 Å². The summed E-state index contributed by atoms with van der Waals surface area (Å²) in [6.45, 7) is 3.34. The number of amides is 1. The van der Waals surface area contributed by atoms with Gasteiger partial charge < -0.3 is 10.1 Å². The summed E-state index contributed by atoms with van der Waals surface area (Å²) in [5.74, 6) is 0.0730. The first-order valence-electron chi connectivity index (χ1n) is 5.74. The molecule has 1 aliphatic rings. The maximum atomic E-state index is 12.0. The first-order valence-corrected chi connectivity index (χ1v) is 5.74. The van der Waals surface area contributed by atoms with Crippen LogP contribution in [0.5, 0.6) is 0 Å². The third kappa shape index (κ3) is 2.42. The summed E-state index contributed by atoms with van der Waals surface area (Å²) in [6.07, 6.45) is 0.823. The first-order chi connectivity index (χ1) is 7.81. The normalized spacial score (nSPS) is 17.6. The van der Waals surface area contributed by atoms with Crippen LogP contribution in [0.1, 0.15) is 24.8 Å². The third-order valence-corrected chi connectivity index (χ3v) is 2.91. The average Bonchev–Trinajstić information content (AvgIpc) is 2.26. The van der Waals surface area contributed by atoms with E-state index in [0.717, 1.165) is 12.0 Å². The van der Waals surface area contributed by atoms with Crippen molar-refractivity contribution in [1.29, 1.82) is 0 Å². The summed E-state index contributed by atoms with van der Waals surface area (Å²) in [4.78, 5) is 12.0. The third-order valence-electron chi connectivity index (χ3n) is 2.91. The van der Waals surface area contributed by atoms with Crippen LogP contribution >= 0.6 is 0 Å². The van der Waals surface area contributed by atoms with Gasteiger partial charge in [0.1, 0.15) is 0 Å². The molecule has 1 unspecified atom stereocenters. The molecule has 1 aromatic carbocycles. The molecule has 0 bridgehead atoms. The van der Waals surface area contributed by atoms with Gasteiger partial charge in [0.05, 0.1) is 25.2 Å². The molecule has 3 nitrogen and oxygen atoms in total. The Morgan fingerprint density at radius 3 is 2.62 bits per heavy atom.